The summed E-state index contributed by atoms with van der Waals surface area (Å²) in [7, 11) is 0. The lowest BCUT2D eigenvalue weighted by atomic mass is 9.96. The van der Waals surface area contributed by atoms with Gasteiger partial charge in [-0.2, -0.15) is 0 Å². The second kappa shape index (κ2) is 54.3. The number of aliphatic hydroxyl groups is 1. The molecule has 0 spiro atoms. The van der Waals surface area contributed by atoms with Crippen molar-refractivity contribution in [1.29, 1.82) is 0 Å². The van der Waals surface area contributed by atoms with E-state index in [0.29, 0.717) is 34.0 Å². The minimum atomic E-state index is -2.12. The first-order valence-electron chi connectivity index (χ1n) is 44.3. The molecule has 27 N–H and O–H groups in total. The lowest BCUT2D eigenvalue weighted by molar-refractivity contribution is -0.142. The summed E-state index contributed by atoms with van der Waals surface area (Å²) in [4.78, 5) is 280. The number of hydrogen-bond acceptors (Lipinski definition) is 25. The molecule has 1 aliphatic rings. The molecule has 1 fully saturated rings. The summed E-state index contributed by atoms with van der Waals surface area (Å²) in [6, 6.07) is 6.92. The number of aliphatic carboxylic acids is 1. The first-order chi connectivity index (χ1) is 65.1. The zero-order valence-electron chi connectivity index (χ0n) is 76.3. The fourth-order valence-corrected chi connectivity index (χ4v) is 15.1. The molecule has 1 saturated heterocycles. The van der Waals surface area contributed by atoms with Gasteiger partial charge in [0.2, 0.25) is 106 Å². The third-order valence-corrected chi connectivity index (χ3v) is 23.7. The number of H-pyrrole nitrogens is 1. The number of rotatable bonds is 29. The average molecular weight is 1920 g/mol. The van der Waals surface area contributed by atoms with Crippen molar-refractivity contribution in [3.05, 3.63) is 179 Å². The summed E-state index contributed by atoms with van der Waals surface area (Å²) in [5.74, 6) is -26.2. The first kappa shape index (κ1) is 109. The van der Waals surface area contributed by atoms with E-state index in [0.717, 1.165) is 0 Å². The van der Waals surface area contributed by atoms with Gasteiger partial charge in [-0.15, -0.1) is 11.8 Å². The Hall–Kier alpha value is -15.1. The number of primary amides is 3. The maximum atomic E-state index is 15.2. The van der Waals surface area contributed by atoms with Crippen LogP contribution < -0.4 is 97.0 Å². The number of carbonyl (C=O) groups is 19. The predicted molar refractivity (Wildman–Crippen MR) is 495 cm³/mol. The van der Waals surface area contributed by atoms with Crippen molar-refractivity contribution in [2.75, 3.05) is 24.7 Å². The van der Waals surface area contributed by atoms with Crippen molar-refractivity contribution in [1.82, 2.24) is 89.7 Å². The highest BCUT2D eigenvalue weighted by atomic mass is 32.2. The Morgan fingerprint density at radius 2 is 0.708 bits per heavy atom. The van der Waals surface area contributed by atoms with Crippen LogP contribution in [0.3, 0.4) is 0 Å². The van der Waals surface area contributed by atoms with Crippen molar-refractivity contribution >= 4 is 124 Å². The van der Waals surface area contributed by atoms with Gasteiger partial charge >= 0.3 is 5.97 Å². The number of carboxylic acid groups (broad SMARTS) is 1. The van der Waals surface area contributed by atoms with E-state index >= 15 is 28.8 Å². The summed E-state index contributed by atoms with van der Waals surface area (Å²) in [6.45, 7) is 7.53. The molecule has 7 rings (SSSR count). The fraction of sp³-hybridized carbons (Fsp3) is 0.435. The van der Waals surface area contributed by atoms with Crippen molar-refractivity contribution in [3.63, 3.8) is 0 Å². The molecular weight excluding hydrogens is 1800 g/mol. The maximum absolute atomic E-state index is 15.2. The molecule has 0 unspecified atom stereocenters. The number of nitrogens with one attached hydrogen (secondary N) is 16. The van der Waals surface area contributed by atoms with Gasteiger partial charge in [-0.1, -0.05) is 158 Å². The molecule has 5 aromatic carbocycles. The molecule has 0 bridgehead atoms. The highest BCUT2D eigenvalue weighted by Crippen LogP contribution is 2.21. The summed E-state index contributed by atoms with van der Waals surface area (Å²) in [5.41, 5.74) is 18.5. The van der Waals surface area contributed by atoms with Crippen LogP contribution in [0.1, 0.15) is 120 Å². The quantitative estimate of drug-likeness (QED) is 0.0214. The molecule has 18 amide bonds. The Balaban J connectivity index is 1.35. The highest BCUT2D eigenvalue weighted by molar-refractivity contribution is 8.00. The number of nitrogens with two attached hydrogens (primary N) is 3. The minimum Gasteiger partial charge on any atom is -0.508 e. The van der Waals surface area contributed by atoms with Gasteiger partial charge in [-0.05, 0) is 88.4 Å². The summed E-state index contributed by atoms with van der Waals surface area (Å²) >= 11 is 0.696. The molecule has 45 heteroatoms. The smallest absolute Gasteiger partial charge is 0.305 e. The topological polar surface area (TPSA) is 713 Å². The number of carbonyl (C=O) groups excluding carboxylic acids is 18. The number of thioether (sulfide) groups is 1. The number of nitrogens with zero attached hydrogens (tertiary/aromatic N) is 1. The van der Waals surface area contributed by atoms with Crippen LogP contribution in [0.2, 0.25) is 0 Å². The number of aromatic hydroxyl groups is 3. The molecular formula is C92H120N20O24S. The highest BCUT2D eigenvalue weighted by Gasteiger charge is 2.42. The van der Waals surface area contributed by atoms with E-state index in [4.69, 9.17) is 17.2 Å². The molecule has 2 heterocycles. The monoisotopic (exact) mass is 1920 g/mol. The zero-order chi connectivity index (χ0) is 101. The summed E-state index contributed by atoms with van der Waals surface area (Å²) < 4.78 is 0. The van der Waals surface area contributed by atoms with Gasteiger partial charge < -0.3 is 127 Å². The lowest BCUT2D eigenvalue weighted by Crippen LogP contribution is -2.62. The minimum absolute atomic E-state index is 0.102. The molecule has 6 aromatic rings. The number of phenolic OH excluding ortho intramolecular Hbond substituents is 3. The predicted octanol–water partition coefficient (Wildman–Crippen LogP) is -3.84. The van der Waals surface area contributed by atoms with Gasteiger partial charge in [0.1, 0.15) is 102 Å². The normalized spacial score (nSPS) is 23.3. The molecule has 44 nitrogen and oxygen atoms in total. The van der Waals surface area contributed by atoms with Crippen LogP contribution in [-0.2, 0) is 130 Å². The average Bonchev–Trinajstić information content (AvgIpc) is 1.15. The number of hydrogen-bond donors (Lipinski definition) is 24. The van der Waals surface area contributed by atoms with E-state index < -0.39 is 297 Å². The second-order valence-corrected chi connectivity index (χ2v) is 34.3. The number of aromatic nitrogens is 2. The van der Waals surface area contributed by atoms with Gasteiger partial charge in [-0.25, -0.2) is 4.98 Å². The Morgan fingerprint density at radius 1 is 0.387 bits per heavy atom. The first-order valence-corrected chi connectivity index (χ1v) is 45.5. The number of carboxylic acids is 1. The van der Waals surface area contributed by atoms with Crippen LogP contribution in [0.25, 0.3) is 0 Å². The van der Waals surface area contributed by atoms with E-state index in [2.05, 4.69) is 89.7 Å². The molecule has 0 aliphatic carbocycles. The number of benzene rings is 5. The number of imidazole rings is 1. The van der Waals surface area contributed by atoms with E-state index in [1.54, 1.807) is 88.4 Å². The van der Waals surface area contributed by atoms with E-state index in [-0.39, 0.29) is 54.2 Å². The number of phenols is 3. The Labute approximate surface area is 792 Å². The third kappa shape index (κ3) is 36.0. The van der Waals surface area contributed by atoms with Crippen LogP contribution in [0.5, 0.6) is 17.2 Å². The van der Waals surface area contributed by atoms with E-state index in [1.165, 1.54) is 99.2 Å². The fourth-order valence-electron chi connectivity index (χ4n) is 14.3. The standard InChI is InChI=1S/C92H120N20O24S/c1-7-48(4)76-90(134)106-65(38-55-24-30-59(116)31-25-55)83(127)103-64(37-54-22-28-58(115)29-23-54)84(128)108-69(44-113)89(133)112-78(50(6)9-3)92(136)109-70(79(123)97-43-73(95)119)45-137-46-74(120)99-61(36-53-20-26-57(114)27-21-53)87(131)110-77(49(5)8-2)91(135)107-68(41-75(121)122)86(130)100-60(32-33-71(93)117)80(124)101-62(34-51-16-12-10-13-17-51)81(125)102-63(35-52-18-14-11-15-19-52)82(126)105-67(40-72(94)118)85(129)104-66(88(132)111-76)39-56-42-96-47-98-56/h10-31,42,47-50,60-70,76-78,113-116H,7-9,32-41,43-46H2,1-6H3,(H2,93,117)(H2,94,118)(H2,95,119)(H,96,98)(H,97,123)(H,99,120)(H,100,130)(H,101,124)(H,102,125)(H,103,127)(H,104,129)(H,105,126)(H,106,134)(H,107,135)(H,108,128)(H,109,136)(H,110,131)(H,111,132)(H,112,133)(H,121,122)/t48-,49-,50-,60-,61-,62-,63-,64-,65-,66-,67-,68-,69-,70-,76-,77-,78-/m0/s1. The van der Waals surface area contributed by atoms with Gasteiger partial charge in [-0.3, -0.25) is 91.1 Å². The number of aliphatic hydroxyl groups excluding tert-OH is 1. The molecule has 137 heavy (non-hydrogen) atoms. The SMILES string of the molecule is CC[C@H](C)[C@@H]1NC(=O)[C@H](CO)NC(=O)[C@H](Cc2ccc(O)cc2)NC(=O)[C@H](Cc2ccc(O)cc2)NC(=O)[C@H]([C@@H](C)CC)NC(=O)[C@H](Cc2c[nH]cn2)NC(=O)[C@H](CC(N)=O)NC(=O)[C@H](Cc2ccccc2)NC(=O)[C@H](Cc2ccccc2)NC(=O)[C@H](CCC(N)=O)NC(=O)[C@H](CC(=O)O)NC(=O)[C@H]([C@@H](C)CC)NC(=O)[C@H](Cc2ccc(O)cc2)NC(=O)CSC[C@@H](C(=O)NCC(N)=O)NC1=O. The Kier molecular flexibility index (Phi) is 43.2. The molecule has 1 aromatic heterocycles. The van der Waals surface area contributed by atoms with Crippen molar-refractivity contribution in [2.45, 2.75) is 210 Å². The van der Waals surface area contributed by atoms with E-state index in [1.807, 2.05) is 0 Å². The van der Waals surface area contributed by atoms with Gasteiger partial charge in [0, 0.05) is 56.9 Å². The van der Waals surface area contributed by atoms with Gasteiger partial charge in [0.15, 0.2) is 0 Å². The number of aromatic amines is 1. The third-order valence-electron chi connectivity index (χ3n) is 22.6. The molecule has 1 aliphatic heterocycles. The molecule has 0 saturated carbocycles. The van der Waals surface area contributed by atoms with Gasteiger partial charge in [0.25, 0.3) is 0 Å². The molecule has 738 valence electrons. The largest absolute Gasteiger partial charge is 0.508 e. The van der Waals surface area contributed by atoms with E-state index in [9.17, 15) is 87.9 Å². The van der Waals surface area contributed by atoms with Crippen molar-refractivity contribution < 1.29 is 117 Å². The van der Waals surface area contributed by atoms with Crippen molar-refractivity contribution in [2.24, 2.45) is 35.0 Å². The Morgan fingerprint density at radius 3 is 1.07 bits per heavy atom. The number of amides is 18. The Bertz CT molecular complexity index is 5180. The van der Waals surface area contributed by atoms with Crippen LogP contribution >= 0.6 is 11.8 Å². The summed E-state index contributed by atoms with van der Waals surface area (Å²) in [5, 5.41) is 89.8. The van der Waals surface area contributed by atoms with Crippen LogP contribution in [0.15, 0.2) is 146 Å². The zero-order valence-corrected chi connectivity index (χ0v) is 77.1. The maximum Gasteiger partial charge on any atom is 0.305 e. The van der Waals surface area contributed by atoms with Crippen LogP contribution in [0.4, 0.5) is 0 Å². The molecule has 17 atom stereocenters. The summed E-state index contributed by atoms with van der Waals surface area (Å²) in [6.07, 6.45) is -2.98. The second-order valence-electron chi connectivity index (χ2n) is 33.3. The van der Waals surface area contributed by atoms with Crippen molar-refractivity contribution in [3.8, 4) is 17.2 Å². The van der Waals surface area contributed by atoms with Gasteiger partial charge in [0.05, 0.1) is 43.8 Å². The van der Waals surface area contributed by atoms with Crippen LogP contribution in [0, 0.1) is 17.8 Å². The lowest BCUT2D eigenvalue weighted by Gasteiger charge is -2.30. The van der Waals surface area contributed by atoms with Crippen LogP contribution in [-0.4, -0.2) is 257 Å². The molecule has 0 radical (unpaired) electrons.